The Labute approximate surface area is 95.2 Å². The minimum atomic E-state index is -1.15. The third-order valence-corrected chi connectivity index (χ3v) is 3.67. The number of nitrogens with two attached hydrogens (primary N) is 1. The van der Waals surface area contributed by atoms with Gasteiger partial charge >= 0.3 is 0 Å². The highest BCUT2D eigenvalue weighted by molar-refractivity contribution is 5.00. The molecular formula is C11H21NO4. The van der Waals surface area contributed by atoms with Crippen molar-refractivity contribution in [1.29, 1.82) is 0 Å². The van der Waals surface area contributed by atoms with Crippen LogP contribution in [0.2, 0.25) is 0 Å². The van der Waals surface area contributed by atoms with Crippen molar-refractivity contribution in [2.24, 2.45) is 11.7 Å². The fraction of sp³-hybridized carbons (Fsp3) is 1.00. The van der Waals surface area contributed by atoms with Gasteiger partial charge in [0, 0.05) is 6.04 Å². The fourth-order valence-corrected chi connectivity index (χ4v) is 2.33. The Bertz CT molecular complexity index is 246. The number of hydrogen-bond donors (Lipinski definition) is 4. The Morgan fingerprint density at radius 1 is 1.19 bits per heavy atom. The Hall–Kier alpha value is -0.200. The molecule has 5 nitrogen and oxygen atoms in total. The molecule has 2 rings (SSSR count). The predicted molar refractivity (Wildman–Crippen MR) is 57.7 cm³/mol. The molecule has 94 valence electrons. The van der Waals surface area contributed by atoms with Crippen LogP contribution < -0.4 is 5.73 Å². The first-order valence-corrected chi connectivity index (χ1v) is 6.01. The maximum atomic E-state index is 9.81. The van der Waals surface area contributed by atoms with E-state index in [1.54, 1.807) is 0 Å². The molecule has 0 aromatic heterocycles. The van der Waals surface area contributed by atoms with Crippen LogP contribution in [-0.4, -0.2) is 51.9 Å². The first kappa shape index (κ1) is 12.3. The predicted octanol–water partition coefficient (Wildman–Crippen LogP) is -1.02. The summed E-state index contributed by atoms with van der Waals surface area (Å²) >= 11 is 0. The van der Waals surface area contributed by atoms with Crippen LogP contribution in [0.25, 0.3) is 0 Å². The lowest BCUT2D eigenvalue weighted by Crippen LogP contribution is -2.62. The topological polar surface area (TPSA) is 95.9 Å². The fourth-order valence-electron chi connectivity index (χ4n) is 2.33. The molecule has 16 heavy (non-hydrogen) atoms. The van der Waals surface area contributed by atoms with E-state index in [0.717, 1.165) is 12.8 Å². The van der Waals surface area contributed by atoms with Gasteiger partial charge in [-0.3, -0.25) is 0 Å². The van der Waals surface area contributed by atoms with Gasteiger partial charge in [0.25, 0.3) is 0 Å². The summed E-state index contributed by atoms with van der Waals surface area (Å²) < 4.78 is 5.67. The molecule has 1 aliphatic heterocycles. The number of aliphatic hydroxyl groups excluding tert-OH is 3. The minimum Gasteiger partial charge on any atom is -0.388 e. The average Bonchev–Trinajstić information content (AvgIpc) is 3.09. The second-order valence-corrected chi connectivity index (χ2v) is 4.95. The number of hydrogen-bond acceptors (Lipinski definition) is 5. The van der Waals surface area contributed by atoms with Crippen LogP contribution in [0, 0.1) is 5.92 Å². The Morgan fingerprint density at radius 2 is 1.81 bits per heavy atom. The average molecular weight is 231 g/mol. The largest absolute Gasteiger partial charge is 0.388 e. The van der Waals surface area contributed by atoms with E-state index in [0.29, 0.717) is 12.3 Å². The van der Waals surface area contributed by atoms with Crippen LogP contribution in [0.15, 0.2) is 0 Å². The molecule has 0 aromatic carbocycles. The Morgan fingerprint density at radius 3 is 2.31 bits per heavy atom. The van der Waals surface area contributed by atoms with Crippen molar-refractivity contribution in [2.75, 3.05) is 0 Å². The van der Waals surface area contributed by atoms with E-state index in [-0.39, 0.29) is 12.1 Å². The van der Waals surface area contributed by atoms with E-state index in [9.17, 15) is 15.3 Å². The third-order valence-electron chi connectivity index (χ3n) is 3.67. The molecule has 6 atom stereocenters. The molecule has 0 aromatic rings. The lowest BCUT2D eigenvalue weighted by molar-refractivity contribution is -0.231. The zero-order valence-corrected chi connectivity index (χ0v) is 9.49. The molecule has 6 unspecified atom stereocenters. The summed E-state index contributed by atoms with van der Waals surface area (Å²) in [5.74, 6) is 0.309. The lowest BCUT2D eigenvalue weighted by Gasteiger charge is -2.43. The highest BCUT2D eigenvalue weighted by Crippen LogP contribution is 2.40. The van der Waals surface area contributed by atoms with Crippen LogP contribution in [0.5, 0.6) is 0 Å². The van der Waals surface area contributed by atoms with Gasteiger partial charge in [0.15, 0.2) is 0 Å². The summed E-state index contributed by atoms with van der Waals surface area (Å²) in [5, 5.41) is 29.4. The summed E-state index contributed by atoms with van der Waals surface area (Å²) in [4.78, 5) is 0. The molecule has 5 heteroatoms. The van der Waals surface area contributed by atoms with Crippen molar-refractivity contribution in [3.05, 3.63) is 0 Å². The molecule has 0 bridgehead atoms. The molecular weight excluding hydrogens is 210 g/mol. The van der Waals surface area contributed by atoms with Gasteiger partial charge in [0.1, 0.15) is 24.4 Å². The van der Waals surface area contributed by atoms with Crippen molar-refractivity contribution >= 4 is 0 Å². The zero-order chi connectivity index (χ0) is 11.9. The molecule has 1 saturated carbocycles. The molecule has 1 heterocycles. The van der Waals surface area contributed by atoms with E-state index in [2.05, 4.69) is 0 Å². The van der Waals surface area contributed by atoms with Gasteiger partial charge < -0.3 is 25.8 Å². The van der Waals surface area contributed by atoms with E-state index in [1.165, 1.54) is 0 Å². The Kier molecular flexibility index (Phi) is 3.51. The molecule has 2 aliphatic rings. The van der Waals surface area contributed by atoms with Crippen molar-refractivity contribution in [2.45, 2.75) is 62.7 Å². The first-order valence-electron chi connectivity index (χ1n) is 6.01. The van der Waals surface area contributed by atoms with E-state index >= 15 is 0 Å². The van der Waals surface area contributed by atoms with Crippen LogP contribution in [0.4, 0.5) is 0 Å². The van der Waals surface area contributed by atoms with Crippen LogP contribution in [-0.2, 0) is 4.74 Å². The highest BCUT2D eigenvalue weighted by atomic mass is 16.5. The molecule has 5 N–H and O–H groups in total. The molecule has 0 radical (unpaired) electrons. The molecule has 0 spiro atoms. The summed E-state index contributed by atoms with van der Waals surface area (Å²) in [7, 11) is 0. The number of aliphatic hydroxyl groups is 3. The second-order valence-electron chi connectivity index (χ2n) is 4.95. The van der Waals surface area contributed by atoms with Crippen LogP contribution in [0.1, 0.15) is 26.2 Å². The van der Waals surface area contributed by atoms with Gasteiger partial charge in [-0.05, 0) is 25.2 Å². The highest BCUT2D eigenvalue weighted by Gasteiger charge is 2.50. The molecule has 2 fully saturated rings. The third kappa shape index (κ3) is 2.10. The summed E-state index contributed by atoms with van der Waals surface area (Å²) in [6.07, 6.45) is -1.50. The second kappa shape index (κ2) is 4.58. The first-order chi connectivity index (χ1) is 7.56. The monoisotopic (exact) mass is 231 g/mol. The van der Waals surface area contributed by atoms with Crippen molar-refractivity contribution in [3.8, 4) is 0 Å². The summed E-state index contributed by atoms with van der Waals surface area (Å²) in [6.45, 7) is 1.91. The standard InChI is InChI=1S/C11H21NO4/c1-2-6(12)11-9(15)7(13)8(14)10(16-11)5-3-4-5/h5-11,13-15H,2-4,12H2,1H3. The molecule has 1 saturated heterocycles. The van der Waals surface area contributed by atoms with Crippen LogP contribution >= 0.6 is 0 Å². The van der Waals surface area contributed by atoms with Gasteiger partial charge in [-0.2, -0.15) is 0 Å². The SMILES string of the molecule is CCC(N)C1OC(C2CC2)C(O)C(O)C1O. The zero-order valence-electron chi connectivity index (χ0n) is 9.49. The summed E-state index contributed by atoms with van der Waals surface area (Å²) in [6, 6.07) is -0.307. The lowest BCUT2D eigenvalue weighted by atomic mass is 9.89. The van der Waals surface area contributed by atoms with Crippen molar-refractivity contribution < 1.29 is 20.1 Å². The molecule has 1 aliphatic carbocycles. The smallest absolute Gasteiger partial charge is 0.111 e. The number of ether oxygens (including phenoxy) is 1. The van der Waals surface area contributed by atoms with Gasteiger partial charge in [-0.1, -0.05) is 6.92 Å². The van der Waals surface area contributed by atoms with Crippen molar-refractivity contribution in [3.63, 3.8) is 0 Å². The van der Waals surface area contributed by atoms with Crippen molar-refractivity contribution in [1.82, 2.24) is 0 Å². The van der Waals surface area contributed by atoms with Crippen LogP contribution in [0.3, 0.4) is 0 Å². The van der Waals surface area contributed by atoms with E-state index in [1.807, 2.05) is 6.92 Å². The van der Waals surface area contributed by atoms with Gasteiger partial charge in [-0.15, -0.1) is 0 Å². The van der Waals surface area contributed by atoms with E-state index in [4.69, 9.17) is 10.5 Å². The minimum absolute atomic E-state index is 0.307. The van der Waals surface area contributed by atoms with E-state index < -0.39 is 24.4 Å². The summed E-state index contributed by atoms with van der Waals surface area (Å²) in [5.41, 5.74) is 5.85. The maximum Gasteiger partial charge on any atom is 0.111 e. The Balaban J connectivity index is 2.08. The van der Waals surface area contributed by atoms with Gasteiger partial charge in [0.2, 0.25) is 0 Å². The number of rotatable bonds is 3. The van der Waals surface area contributed by atoms with Gasteiger partial charge in [0.05, 0.1) is 6.10 Å². The normalized spacial score (nSPS) is 46.7. The van der Waals surface area contributed by atoms with Gasteiger partial charge in [-0.25, -0.2) is 0 Å². The maximum absolute atomic E-state index is 9.81. The molecule has 0 amide bonds. The quantitative estimate of drug-likeness (QED) is 0.499.